The smallest absolute Gasteiger partial charge is 0.303 e. The molecule has 4 heteroatoms. The molecule has 4 aliphatic carbocycles. The fourth-order valence-electron chi connectivity index (χ4n) is 7.02. The summed E-state index contributed by atoms with van der Waals surface area (Å²) in [7, 11) is 0. The van der Waals surface area contributed by atoms with Gasteiger partial charge in [-0.15, -0.1) is 0 Å². The lowest BCUT2D eigenvalue weighted by atomic mass is 9.50. The molecule has 0 bridgehead atoms. The van der Waals surface area contributed by atoms with E-state index in [9.17, 15) is 14.7 Å². The van der Waals surface area contributed by atoms with Gasteiger partial charge >= 0.3 is 5.97 Å². The van der Waals surface area contributed by atoms with Gasteiger partial charge in [0.15, 0.2) is 5.78 Å². The van der Waals surface area contributed by atoms with E-state index in [2.05, 4.69) is 6.92 Å². The Morgan fingerprint density at radius 3 is 2.72 bits per heavy atom. The second-order valence-electron chi connectivity index (χ2n) is 9.22. The highest BCUT2D eigenvalue weighted by Crippen LogP contribution is 2.65. The van der Waals surface area contributed by atoms with Crippen molar-refractivity contribution in [2.75, 3.05) is 0 Å². The van der Waals surface area contributed by atoms with Gasteiger partial charge in [-0.1, -0.05) is 12.5 Å². The molecule has 4 rings (SSSR count). The minimum Gasteiger partial charge on any atom is -0.481 e. The van der Waals surface area contributed by atoms with Crippen LogP contribution < -0.4 is 0 Å². The lowest BCUT2D eigenvalue weighted by Crippen LogP contribution is -2.52. The molecule has 0 aromatic carbocycles. The van der Waals surface area contributed by atoms with Crippen LogP contribution in [0.5, 0.6) is 0 Å². The van der Waals surface area contributed by atoms with Gasteiger partial charge in [0.25, 0.3) is 0 Å². The van der Waals surface area contributed by atoms with E-state index in [0.29, 0.717) is 42.3 Å². The average molecular weight is 346 g/mol. The van der Waals surface area contributed by atoms with Crippen LogP contribution in [0.1, 0.15) is 71.1 Å². The number of fused-ring (bicyclic) bond motifs is 5. The van der Waals surface area contributed by atoms with E-state index in [1.807, 2.05) is 6.08 Å². The topological polar surface area (TPSA) is 74.6 Å². The monoisotopic (exact) mass is 346 g/mol. The quantitative estimate of drug-likeness (QED) is 0.816. The summed E-state index contributed by atoms with van der Waals surface area (Å²) in [5.41, 5.74) is 0.426. The first-order chi connectivity index (χ1) is 11.8. The molecule has 3 fully saturated rings. The molecule has 0 heterocycles. The highest BCUT2D eigenvalue weighted by Gasteiger charge is 2.61. The second-order valence-corrected chi connectivity index (χ2v) is 9.22. The van der Waals surface area contributed by atoms with Crippen LogP contribution in [0.2, 0.25) is 0 Å². The van der Waals surface area contributed by atoms with Gasteiger partial charge in [0.05, 0.1) is 5.60 Å². The number of aliphatic hydroxyl groups is 1. The zero-order valence-electron chi connectivity index (χ0n) is 15.2. The van der Waals surface area contributed by atoms with Gasteiger partial charge in [-0.25, -0.2) is 0 Å². The van der Waals surface area contributed by atoms with Crippen molar-refractivity contribution in [3.8, 4) is 0 Å². The molecule has 4 aliphatic rings. The maximum absolute atomic E-state index is 11.8. The second kappa shape index (κ2) is 5.94. The summed E-state index contributed by atoms with van der Waals surface area (Å²) in [5, 5.41) is 20.4. The van der Waals surface area contributed by atoms with Gasteiger partial charge in [-0.05, 0) is 86.5 Å². The molecular formula is C21H30O4. The summed E-state index contributed by atoms with van der Waals surface area (Å²) < 4.78 is 0. The van der Waals surface area contributed by atoms with Crippen LogP contribution in [0, 0.1) is 29.1 Å². The fraction of sp³-hybridized carbons (Fsp3) is 0.810. The Morgan fingerprint density at radius 2 is 1.96 bits per heavy atom. The van der Waals surface area contributed by atoms with Crippen molar-refractivity contribution in [2.24, 2.45) is 29.1 Å². The van der Waals surface area contributed by atoms with E-state index in [0.717, 1.165) is 44.9 Å². The lowest BCUT2D eigenvalue weighted by molar-refractivity contribution is -0.145. The molecule has 0 amide bonds. The number of hydrogen-bond acceptors (Lipinski definition) is 3. The SMILES string of the molecule is CC12CCC3C4CCC(=O)C=C4CCC3C1CCC2(O)CCC(=O)O. The Hall–Kier alpha value is -1.16. The van der Waals surface area contributed by atoms with Crippen LogP contribution in [-0.2, 0) is 9.59 Å². The van der Waals surface area contributed by atoms with E-state index in [-0.39, 0.29) is 11.8 Å². The molecule has 6 atom stereocenters. The van der Waals surface area contributed by atoms with E-state index in [4.69, 9.17) is 5.11 Å². The number of carboxylic acids is 1. The third-order valence-corrected chi connectivity index (χ3v) is 8.37. The highest BCUT2D eigenvalue weighted by atomic mass is 16.4. The van der Waals surface area contributed by atoms with Crippen LogP contribution in [0.15, 0.2) is 11.6 Å². The third-order valence-electron chi connectivity index (χ3n) is 8.37. The molecule has 25 heavy (non-hydrogen) atoms. The largest absolute Gasteiger partial charge is 0.481 e. The van der Waals surface area contributed by atoms with E-state index < -0.39 is 11.6 Å². The van der Waals surface area contributed by atoms with Crippen molar-refractivity contribution in [3.63, 3.8) is 0 Å². The van der Waals surface area contributed by atoms with Gasteiger partial charge in [-0.2, -0.15) is 0 Å². The Morgan fingerprint density at radius 1 is 1.16 bits per heavy atom. The molecule has 138 valence electrons. The van der Waals surface area contributed by atoms with Crippen LogP contribution in [0.4, 0.5) is 0 Å². The number of rotatable bonds is 3. The molecule has 2 N–H and O–H groups in total. The van der Waals surface area contributed by atoms with Crippen molar-refractivity contribution >= 4 is 11.8 Å². The summed E-state index contributed by atoms with van der Waals surface area (Å²) in [4.78, 5) is 22.8. The van der Waals surface area contributed by atoms with E-state index >= 15 is 0 Å². The first kappa shape index (κ1) is 17.3. The van der Waals surface area contributed by atoms with Gasteiger partial charge < -0.3 is 10.2 Å². The average Bonchev–Trinajstić information content (AvgIpc) is 2.84. The molecular weight excluding hydrogens is 316 g/mol. The fourth-order valence-corrected chi connectivity index (χ4v) is 7.02. The lowest BCUT2D eigenvalue weighted by Gasteiger charge is -2.55. The van der Waals surface area contributed by atoms with Crippen molar-refractivity contribution < 1.29 is 19.8 Å². The number of carbonyl (C=O) groups excluding carboxylic acids is 1. The van der Waals surface area contributed by atoms with Crippen molar-refractivity contribution in [1.82, 2.24) is 0 Å². The molecule has 0 saturated heterocycles. The molecule has 3 saturated carbocycles. The Balaban J connectivity index is 1.57. The standard InChI is InChI=1S/C21H30O4/c1-20-9-6-16-15-5-3-14(22)12-13(15)2-4-17(16)18(20)7-10-21(20,25)11-8-19(23)24/h12,15-18,25H,2-11H2,1H3,(H,23,24). The first-order valence-corrected chi connectivity index (χ1v) is 10.0. The third kappa shape index (κ3) is 2.59. The minimum absolute atomic E-state index is 0.0600. The molecule has 0 aromatic heterocycles. The van der Waals surface area contributed by atoms with Gasteiger partial charge in [0, 0.05) is 12.8 Å². The van der Waals surface area contributed by atoms with Crippen LogP contribution in [0.25, 0.3) is 0 Å². The zero-order chi connectivity index (χ0) is 17.8. The van der Waals surface area contributed by atoms with Crippen molar-refractivity contribution in [3.05, 3.63) is 11.6 Å². The normalized spacial score (nSPS) is 46.0. The summed E-state index contributed by atoms with van der Waals surface area (Å²) in [6.07, 6.45) is 10.1. The Bertz CT molecular complexity index is 623. The van der Waals surface area contributed by atoms with Gasteiger partial charge in [0.1, 0.15) is 0 Å². The molecule has 0 aromatic rings. The summed E-state index contributed by atoms with van der Waals surface area (Å²) in [6.45, 7) is 2.22. The molecule has 0 aliphatic heterocycles. The number of carbonyl (C=O) groups is 2. The zero-order valence-corrected chi connectivity index (χ0v) is 15.2. The van der Waals surface area contributed by atoms with Crippen LogP contribution in [-0.4, -0.2) is 27.6 Å². The number of aliphatic carboxylic acids is 1. The predicted octanol–water partition coefficient (Wildman–Crippen LogP) is 3.72. The maximum atomic E-state index is 11.8. The van der Waals surface area contributed by atoms with Crippen molar-refractivity contribution in [1.29, 1.82) is 0 Å². The predicted molar refractivity (Wildman–Crippen MR) is 93.9 cm³/mol. The minimum atomic E-state index is -0.820. The summed E-state index contributed by atoms with van der Waals surface area (Å²) in [5.74, 6) is 1.86. The van der Waals surface area contributed by atoms with Crippen LogP contribution >= 0.6 is 0 Å². The van der Waals surface area contributed by atoms with Crippen molar-refractivity contribution in [2.45, 2.75) is 76.7 Å². The van der Waals surface area contributed by atoms with Crippen LogP contribution in [0.3, 0.4) is 0 Å². The molecule has 4 nitrogen and oxygen atoms in total. The molecule has 6 unspecified atom stereocenters. The number of hydrogen-bond donors (Lipinski definition) is 2. The first-order valence-electron chi connectivity index (χ1n) is 10.0. The summed E-state index contributed by atoms with van der Waals surface area (Å²) >= 11 is 0. The maximum Gasteiger partial charge on any atom is 0.303 e. The van der Waals surface area contributed by atoms with Gasteiger partial charge in [-0.3, -0.25) is 9.59 Å². The number of allylic oxidation sites excluding steroid dienone is 1. The summed E-state index contributed by atoms with van der Waals surface area (Å²) in [6, 6.07) is 0. The highest BCUT2D eigenvalue weighted by molar-refractivity contribution is 5.91. The molecule has 0 spiro atoms. The van der Waals surface area contributed by atoms with Gasteiger partial charge in [0.2, 0.25) is 0 Å². The van der Waals surface area contributed by atoms with E-state index in [1.165, 1.54) is 5.57 Å². The Labute approximate surface area is 149 Å². The number of carboxylic acid groups (broad SMARTS) is 1. The number of ketones is 1. The Kier molecular flexibility index (Phi) is 4.10. The van der Waals surface area contributed by atoms with E-state index in [1.54, 1.807) is 0 Å². The molecule has 0 radical (unpaired) electrons.